The summed E-state index contributed by atoms with van der Waals surface area (Å²) in [6, 6.07) is 0. The Labute approximate surface area is 106 Å². The summed E-state index contributed by atoms with van der Waals surface area (Å²) < 4.78 is 1.76. The van der Waals surface area contributed by atoms with Gasteiger partial charge in [0.25, 0.3) is 0 Å². The van der Waals surface area contributed by atoms with E-state index in [0.29, 0.717) is 6.54 Å². The lowest BCUT2D eigenvalue weighted by Gasteiger charge is -2.32. The number of nitrogens with zero attached hydrogens (tertiary/aromatic N) is 3. The highest BCUT2D eigenvalue weighted by molar-refractivity contribution is 5.79. The van der Waals surface area contributed by atoms with Gasteiger partial charge in [-0.3, -0.25) is 9.48 Å². The number of nitrogens with one attached hydrogen (secondary N) is 1. The maximum Gasteiger partial charge on any atom is 0.324 e. The van der Waals surface area contributed by atoms with Crippen molar-refractivity contribution in [1.29, 1.82) is 0 Å². The maximum absolute atomic E-state index is 11.6. The second-order valence-corrected chi connectivity index (χ2v) is 4.84. The topological polar surface area (TPSA) is 80.0 Å². The fraction of sp³-hybridized carbons (Fsp3) is 0.750. The molecule has 2 N–H and O–H groups in total. The van der Waals surface area contributed by atoms with E-state index in [-0.39, 0.29) is 5.92 Å². The van der Waals surface area contributed by atoms with E-state index >= 15 is 0 Å². The second kappa shape index (κ2) is 5.48. The SMILES string of the molecule is CCNC1(C(=O)O)CCCC1CCn1cncn1. The molecule has 0 saturated heterocycles. The molecule has 1 fully saturated rings. The summed E-state index contributed by atoms with van der Waals surface area (Å²) in [5.74, 6) is -0.551. The third kappa shape index (κ3) is 2.38. The molecule has 0 aliphatic heterocycles. The number of hydrogen-bond acceptors (Lipinski definition) is 4. The van der Waals surface area contributed by atoms with Crippen molar-refractivity contribution in [3.05, 3.63) is 12.7 Å². The van der Waals surface area contributed by atoms with Crippen molar-refractivity contribution in [3.63, 3.8) is 0 Å². The van der Waals surface area contributed by atoms with E-state index in [1.165, 1.54) is 6.33 Å². The Morgan fingerprint density at radius 2 is 2.50 bits per heavy atom. The lowest BCUT2D eigenvalue weighted by atomic mass is 9.84. The van der Waals surface area contributed by atoms with Gasteiger partial charge in [0.2, 0.25) is 0 Å². The molecule has 2 atom stereocenters. The summed E-state index contributed by atoms with van der Waals surface area (Å²) in [7, 11) is 0. The van der Waals surface area contributed by atoms with Gasteiger partial charge in [-0.1, -0.05) is 13.3 Å². The summed E-state index contributed by atoms with van der Waals surface area (Å²) in [5.41, 5.74) is -0.741. The van der Waals surface area contributed by atoms with Crippen LogP contribution in [0.4, 0.5) is 0 Å². The Hall–Kier alpha value is -1.43. The highest BCUT2D eigenvalue weighted by Gasteiger charge is 2.48. The molecule has 1 aromatic rings. The van der Waals surface area contributed by atoms with Crippen LogP contribution in [0, 0.1) is 5.92 Å². The van der Waals surface area contributed by atoms with Crippen molar-refractivity contribution in [3.8, 4) is 0 Å². The Kier molecular flexibility index (Phi) is 3.96. The first kappa shape index (κ1) is 13.0. The molecule has 1 aromatic heterocycles. The highest BCUT2D eigenvalue weighted by Crippen LogP contribution is 2.38. The summed E-state index contributed by atoms with van der Waals surface area (Å²) in [4.78, 5) is 15.5. The van der Waals surface area contributed by atoms with E-state index in [9.17, 15) is 9.90 Å². The monoisotopic (exact) mass is 252 g/mol. The molecule has 18 heavy (non-hydrogen) atoms. The minimum Gasteiger partial charge on any atom is -0.480 e. The number of hydrogen-bond donors (Lipinski definition) is 2. The van der Waals surface area contributed by atoms with Crippen molar-refractivity contribution in [2.75, 3.05) is 6.54 Å². The largest absolute Gasteiger partial charge is 0.480 e. The van der Waals surface area contributed by atoms with Gasteiger partial charge in [-0.2, -0.15) is 5.10 Å². The van der Waals surface area contributed by atoms with Crippen molar-refractivity contribution < 1.29 is 9.90 Å². The van der Waals surface area contributed by atoms with Gasteiger partial charge in [0, 0.05) is 6.54 Å². The highest BCUT2D eigenvalue weighted by atomic mass is 16.4. The van der Waals surface area contributed by atoms with Gasteiger partial charge >= 0.3 is 5.97 Å². The first-order valence-electron chi connectivity index (χ1n) is 6.50. The zero-order valence-corrected chi connectivity index (χ0v) is 10.7. The molecule has 100 valence electrons. The molecule has 0 bridgehead atoms. The molecule has 1 aliphatic carbocycles. The summed E-state index contributed by atoms with van der Waals surface area (Å²) >= 11 is 0. The molecule has 6 nitrogen and oxygen atoms in total. The average Bonchev–Trinajstić information content (AvgIpc) is 2.96. The van der Waals surface area contributed by atoms with E-state index in [0.717, 1.165) is 32.2 Å². The number of aryl methyl sites for hydroxylation is 1. The Morgan fingerprint density at radius 3 is 3.11 bits per heavy atom. The van der Waals surface area contributed by atoms with Crippen LogP contribution in [0.2, 0.25) is 0 Å². The summed E-state index contributed by atoms with van der Waals surface area (Å²) in [6.45, 7) is 3.37. The van der Waals surface area contributed by atoms with Crippen LogP contribution in [0.15, 0.2) is 12.7 Å². The maximum atomic E-state index is 11.6. The van der Waals surface area contributed by atoms with Crippen LogP contribution in [0.25, 0.3) is 0 Å². The molecular weight excluding hydrogens is 232 g/mol. The predicted molar refractivity (Wildman–Crippen MR) is 66.0 cm³/mol. The van der Waals surface area contributed by atoms with Crippen LogP contribution in [0.5, 0.6) is 0 Å². The van der Waals surface area contributed by atoms with E-state index in [1.54, 1.807) is 11.0 Å². The van der Waals surface area contributed by atoms with Gasteiger partial charge in [0.15, 0.2) is 0 Å². The average molecular weight is 252 g/mol. The molecule has 1 aliphatic rings. The molecule has 6 heteroatoms. The minimum absolute atomic E-state index is 0.166. The number of carboxylic acid groups (broad SMARTS) is 1. The number of carboxylic acids is 1. The predicted octanol–water partition coefficient (Wildman–Crippen LogP) is 0.901. The molecule has 2 unspecified atom stereocenters. The quantitative estimate of drug-likeness (QED) is 0.786. The molecule has 0 radical (unpaired) electrons. The molecule has 2 rings (SSSR count). The number of likely N-dealkylation sites (N-methyl/N-ethyl adjacent to an activating group) is 1. The van der Waals surface area contributed by atoms with Crippen LogP contribution in [-0.2, 0) is 11.3 Å². The number of aromatic nitrogens is 3. The van der Waals surface area contributed by atoms with Crippen LogP contribution in [-0.4, -0.2) is 37.9 Å². The lowest BCUT2D eigenvalue weighted by molar-refractivity contribution is -0.146. The van der Waals surface area contributed by atoms with Crippen molar-refractivity contribution in [2.45, 2.75) is 44.7 Å². The fourth-order valence-corrected chi connectivity index (χ4v) is 3.01. The molecular formula is C12H20N4O2. The van der Waals surface area contributed by atoms with Crippen molar-refractivity contribution in [1.82, 2.24) is 20.1 Å². The van der Waals surface area contributed by atoms with Gasteiger partial charge in [-0.05, 0) is 31.7 Å². The van der Waals surface area contributed by atoms with E-state index in [2.05, 4.69) is 15.4 Å². The molecule has 0 aromatic carbocycles. The molecule has 1 saturated carbocycles. The first-order chi connectivity index (χ1) is 8.69. The Morgan fingerprint density at radius 1 is 1.67 bits per heavy atom. The molecule has 0 spiro atoms. The van der Waals surface area contributed by atoms with Gasteiger partial charge in [0.1, 0.15) is 18.2 Å². The third-order valence-corrected chi connectivity index (χ3v) is 3.87. The minimum atomic E-state index is -0.741. The van der Waals surface area contributed by atoms with Crippen LogP contribution in [0.1, 0.15) is 32.6 Å². The molecule has 1 heterocycles. The van der Waals surface area contributed by atoms with Crippen molar-refractivity contribution in [2.24, 2.45) is 5.92 Å². The zero-order valence-electron chi connectivity index (χ0n) is 10.7. The summed E-state index contributed by atoms with van der Waals surface area (Å²) in [6.07, 6.45) is 6.66. The Balaban J connectivity index is 2.03. The third-order valence-electron chi connectivity index (χ3n) is 3.87. The fourth-order valence-electron chi connectivity index (χ4n) is 3.01. The lowest BCUT2D eigenvalue weighted by Crippen LogP contribution is -2.54. The van der Waals surface area contributed by atoms with Crippen LogP contribution in [0.3, 0.4) is 0 Å². The standard InChI is InChI=1S/C12H20N4O2/c1-2-14-12(11(17)18)6-3-4-10(12)5-7-16-9-13-8-15-16/h8-10,14H,2-7H2,1H3,(H,17,18). The first-order valence-corrected chi connectivity index (χ1v) is 6.50. The molecule has 0 amide bonds. The van der Waals surface area contributed by atoms with Crippen LogP contribution >= 0.6 is 0 Å². The van der Waals surface area contributed by atoms with Gasteiger partial charge in [-0.25, -0.2) is 4.98 Å². The van der Waals surface area contributed by atoms with Gasteiger partial charge in [0.05, 0.1) is 0 Å². The van der Waals surface area contributed by atoms with E-state index in [1.807, 2.05) is 6.92 Å². The van der Waals surface area contributed by atoms with E-state index in [4.69, 9.17) is 0 Å². The number of carbonyl (C=O) groups is 1. The van der Waals surface area contributed by atoms with Gasteiger partial charge < -0.3 is 10.4 Å². The smallest absolute Gasteiger partial charge is 0.324 e. The second-order valence-electron chi connectivity index (χ2n) is 4.84. The summed E-state index contributed by atoms with van der Waals surface area (Å²) in [5, 5.41) is 16.8. The normalized spacial score (nSPS) is 27.5. The zero-order chi connectivity index (χ0) is 13.0. The Bertz CT molecular complexity index is 393. The van der Waals surface area contributed by atoms with Crippen LogP contribution < -0.4 is 5.32 Å². The number of aliphatic carboxylic acids is 1. The van der Waals surface area contributed by atoms with Gasteiger partial charge in [-0.15, -0.1) is 0 Å². The number of rotatable bonds is 6. The van der Waals surface area contributed by atoms with Crippen molar-refractivity contribution >= 4 is 5.97 Å². The van der Waals surface area contributed by atoms with E-state index < -0.39 is 11.5 Å².